The van der Waals surface area contributed by atoms with Gasteiger partial charge in [-0.1, -0.05) is 26.3 Å². The maximum atomic E-state index is 11.2. The minimum atomic E-state index is -1.77. The molecule has 0 aromatic rings. The fraction of sp³-hybridized carbons (Fsp3) is 0.833. The molecule has 0 heterocycles. The molecule has 0 fully saturated rings. The summed E-state index contributed by atoms with van der Waals surface area (Å²) in [6.07, 6.45) is 2.48. The van der Waals surface area contributed by atoms with Gasteiger partial charge in [0.1, 0.15) is 12.7 Å². The molecule has 0 rings (SSSR count). The minimum absolute atomic E-state index is 0.0782. The molecule has 0 aliphatic rings. The third kappa shape index (κ3) is 15.3. The van der Waals surface area contributed by atoms with Crippen molar-refractivity contribution in [3.63, 3.8) is 0 Å². The van der Waals surface area contributed by atoms with E-state index in [0.29, 0.717) is 12.2 Å². The number of aliphatic hydroxyl groups excluding tert-OH is 1. The Balaban J connectivity index is 3.83. The summed E-state index contributed by atoms with van der Waals surface area (Å²) in [6, 6.07) is 2.15. The second-order valence-corrected chi connectivity index (χ2v) is 18.0. The number of carbonyl (C=O) groups excluding carboxylic acids is 1. The van der Waals surface area contributed by atoms with Crippen molar-refractivity contribution in [2.75, 3.05) is 19.8 Å². The van der Waals surface area contributed by atoms with E-state index in [1.165, 1.54) is 18.9 Å². The van der Waals surface area contributed by atoms with E-state index >= 15 is 0 Å². The van der Waals surface area contributed by atoms with Crippen molar-refractivity contribution in [1.29, 1.82) is 0 Å². The summed E-state index contributed by atoms with van der Waals surface area (Å²) in [7, 11) is -3.22. The van der Waals surface area contributed by atoms with Gasteiger partial charge in [-0.15, -0.1) is 0 Å². The molecule has 158 valence electrons. The van der Waals surface area contributed by atoms with Crippen LogP contribution in [-0.4, -0.2) is 63.6 Å². The number of aliphatic hydroxyl groups is 1. The van der Waals surface area contributed by atoms with Crippen LogP contribution in [0.15, 0.2) is 12.2 Å². The van der Waals surface area contributed by atoms with Gasteiger partial charge in [0.2, 0.25) is 0 Å². The largest absolute Gasteiger partial charge is 0.460 e. The molecule has 1 atom stereocenters. The molecule has 1 unspecified atom stereocenters. The van der Waals surface area contributed by atoms with Crippen molar-refractivity contribution in [3.05, 3.63) is 12.2 Å². The first-order chi connectivity index (χ1) is 12.5. The molecule has 0 saturated carbocycles. The standard InChI is InChI=1S/C18H38O6Si3/c1-8-9-12-26(4,5)23-25-24-27(6,7)13-10-11-21-14-17(19)15-22-18(20)16(2)3/h17,19H,2,8-15H2,1,3-7H3. The topological polar surface area (TPSA) is 74.2 Å². The molecule has 0 aliphatic heterocycles. The summed E-state index contributed by atoms with van der Waals surface area (Å²) in [5, 5.41) is 9.73. The van der Waals surface area contributed by atoms with Gasteiger partial charge in [-0.05, 0) is 51.6 Å². The van der Waals surface area contributed by atoms with Crippen LogP contribution in [-0.2, 0) is 22.5 Å². The quantitative estimate of drug-likeness (QED) is 0.173. The highest BCUT2D eigenvalue weighted by atomic mass is 28.4. The Morgan fingerprint density at radius 2 is 1.63 bits per heavy atom. The Morgan fingerprint density at radius 3 is 2.15 bits per heavy atom. The Bertz CT molecular complexity index is 443. The summed E-state index contributed by atoms with van der Waals surface area (Å²) in [5.41, 5.74) is 0.316. The lowest BCUT2D eigenvalue weighted by atomic mass is 10.3. The third-order valence-electron chi connectivity index (χ3n) is 3.90. The lowest BCUT2D eigenvalue weighted by molar-refractivity contribution is -0.143. The lowest BCUT2D eigenvalue weighted by Gasteiger charge is -2.27. The van der Waals surface area contributed by atoms with Crippen LogP contribution in [0.4, 0.5) is 0 Å². The van der Waals surface area contributed by atoms with E-state index in [0.717, 1.165) is 12.5 Å². The fourth-order valence-electron chi connectivity index (χ4n) is 2.11. The number of rotatable bonds is 16. The normalized spacial score (nSPS) is 13.4. The smallest absolute Gasteiger partial charge is 0.410 e. The molecule has 0 spiro atoms. The SMILES string of the molecule is C=C(C)C(=O)OCC(O)COCCC[Si](C)(C)O[Si]O[Si](C)(C)CCCC. The van der Waals surface area contributed by atoms with Crippen LogP contribution in [0.2, 0.25) is 38.3 Å². The molecule has 9 heteroatoms. The molecule has 1 N–H and O–H groups in total. The van der Waals surface area contributed by atoms with Crippen LogP contribution in [0.1, 0.15) is 33.1 Å². The van der Waals surface area contributed by atoms with Crippen molar-refractivity contribution in [2.24, 2.45) is 0 Å². The number of unbranched alkanes of at least 4 members (excludes halogenated alkanes) is 1. The second kappa shape index (κ2) is 13.8. The number of hydrogen-bond acceptors (Lipinski definition) is 6. The monoisotopic (exact) mass is 434 g/mol. The molecule has 27 heavy (non-hydrogen) atoms. The van der Waals surface area contributed by atoms with Gasteiger partial charge in [-0.2, -0.15) is 0 Å². The van der Waals surface area contributed by atoms with Crippen LogP contribution in [0.25, 0.3) is 0 Å². The van der Waals surface area contributed by atoms with E-state index in [1.54, 1.807) is 6.92 Å². The van der Waals surface area contributed by atoms with Crippen molar-refractivity contribution >= 4 is 32.6 Å². The average molecular weight is 435 g/mol. The average Bonchev–Trinajstić information content (AvgIpc) is 2.56. The Hall–Kier alpha value is -0.299. The van der Waals surface area contributed by atoms with Crippen molar-refractivity contribution in [3.8, 4) is 0 Å². The molecule has 0 bridgehead atoms. The van der Waals surface area contributed by atoms with E-state index in [9.17, 15) is 9.90 Å². The minimum Gasteiger partial charge on any atom is -0.460 e. The summed E-state index contributed by atoms with van der Waals surface area (Å²) < 4.78 is 22.5. The molecular weight excluding hydrogens is 396 g/mol. The predicted octanol–water partition coefficient (Wildman–Crippen LogP) is 3.65. The zero-order chi connectivity index (χ0) is 20.9. The third-order valence-corrected chi connectivity index (χ3v) is 12.1. The van der Waals surface area contributed by atoms with Gasteiger partial charge < -0.3 is 22.8 Å². The second-order valence-electron chi connectivity index (χ2n) is 8.12. The van der Waals surface area contributed by atoms with Gasteiger partial charge in [0, 0.05) is 12.2 Å². The molecule has 0 saturated heterocycles. The van der Waals surface area contributed by atoms with Gasteiger partial charge in [-0.3, -0.25) is 0 Å². The van der Waals surface area contributed by atoms with E-state index in [4.69, 9.17) is 17.7 Å². The Kier molecular flexibility index (Phi) is 13.7. The van der Waals surface area contributed by atoms with Crippen molar-refractivity contribution in [1.82, 2.24) is 0 Å². The molecule has 6 nitrogen and oxygen atoms in total. The highest BCUT2D eigenvalue weighted by Crippen LogP contribution is 2.17. The van der Waals surface area contributed by atoms with Gasteiger partial charge in [0.25, 0.3) is 0 Å². The van der Waals surface area contributed by atoms with Gasteiger partial charge in [-0.25, -0.2) is 4.79 Å². The fourth-order valence-corrected chi connectivity index (χ4v) is 7.48. The molecule has 2 radical (unpaired) electrons. The summed E-state index contributed by atoms with van der Waals surface area (Å²) in [6.45, 7) is 16.8. The van der Waals surface area contributed by atoms with E-state index in [2.05, 4.69) is 39.7 Å². The number of esters is 1. The van der Waals surface area contributed by atoms with Gasteiger partial charge in [0.15, 0.2) is 16.6 Å². The first-order valence-electron chi connectivity index (χ1n) is 9.68. The molecular formula is C18H38O6Si3. The van der Waals surface area contributed by atoms with Crippen LogP contribution < -0.4 is 0 Å². The van der Waals surface area contributed by atoms with Crippen LogP contribution in [0.3, 0.4) is 0 Å². The van der Waals surface area contributed by atoms with Crippen LogP contribution in [0, 0.1) is 0 Å². The Labute approximate surface area is 169 Å². The maximum Gasteiger partial charge on any atom is 0.410 e. The first kappa shape index (κ1) is 26.7. The number of ether oxygens (including phenoxy) is 2. The molecule has 0 aliphatic carbocycles. The highest BCUT2D eigenvalue weighted by Gasteiger charge is 2.27. The summed E-state index contributed by atoms with van der Waals surface area (Å²) >= 11 is 0. The molecule has 0 aromatic carbocycles. The van der Waals surface area contributed by atoms with Crippen molar-refractivity contribution in [2.45, 2.75) is 77.5 Å². The van der Waals surface area contributed by atoms with E-state index in [-0.39, 0.29) is 23.2 Å². The van der Waals surface area contributed by atoms with Crippen molar-refractivity contribution < 1.29 is 27.6 Å². The lowest BCUT2D eigenvalue weighted by Crippen LogP contribution is -2.38. The number of hydrogen-bond donors (Lipinski definition) is 1. The zero-order valence-corrected chi connectivity index (χ0v) is 20.9. The summed E-state index contributed by atoms with van der Waals surface area (Å²) in [4.78, 5) is 11.2. The van der Waals surface area contributed by atoms with E-state index < -0.39 is 28.7 Å². The highest BCUT2D eigenvalue weighted by molar-refractivity contribution is 6.78. The van der Waals surface area contributed by atoms with Gasteiger partial charge >= 0.3 is 16.0 Å². The molecule has 0 amide bonds. The van der Waals surface area contributed by atoms with Crippen LogP contribution in [0.5, 0.6) is 0 Å². The summed E-state index contributed by atoms with van der Waals surface area (Å²) in [5.74, 6) is -0.497. The van der Waals surface area contributed by atoms with Crippen LogP contribution >= 0.6 is 0 Å². The van der Waals surface area contributed by atoms with E-state index in [1.807, 2.05) is 0 Å². The number of carbonyl (C=O) groups is 1. The maximum absolute atomic E-state index is 11.2. The van der Waals surface area contributed by atoms with Gasteiger partial charge in [0.05, 0.1) is 6.61 Å². The molecule has 0 aromatic heterocycles. The Morgan fingerprint density at radius 1 is 1.07 bits per heavy atom. The zero-order valence-electron chi connectivity index (χ0n) is 17.9. The first-order valence-corrected chi connectivity index (χ1v) is 16.7. The predicted molar refractivity (Wildman–Crippen MR) is 115 cm³/mol.